The molecule has 5 nitrogen and oxygen atoms in total. The summed E-state index contributed by atoms with van der Waals surface area (Å²) in [4.78, 5) is 19.6. The third-order valence-electron chi connectivity index (χ3n) is 4.44. The Kier molecular flexibility index (Phi) is 4.95. The fourth-order valence-corrected chi connectivity index (χ4v) is 3.01. The summed E-state index contributed by atoms with van der Waals surface area (Å²) in [6.45, 7) is -0.0165. The Bertz CT molecular complexity index is 1250. The first-order chi connectivity index (χ1) is 14.0. The lowest BCUT2D eigenvalue weighted by molar-refractivity contribution is 0.282. The molecule has 4 rings (SSSR count). The highest BCUT2D eigenvalue weighted by Crippen LogP contribution is 2.27. The number of halogens is 2. The minimum atomic E-state index is -0.791. The highest BCUT2D eigenvalue weighted by atomic mass is 19.1. The van der Waals surface area contributed by atoms with Crippen molar-refractivity contribution >= 4 is 10.9 Å². The maximum Gasteiger partial charge on any atom is 0.259 e. The quantitative estimate of drug-likeness (QED) is 0.543. The molecule has 0 aliphatic carbocycles. The van der Waals surface area contributed by atoms with Gasteiger partial charge in [-0.15, -0.1) is 0 Å². The highest BCUT2D eigenvalue weighted by Gasteiger charge is 2.12. The van der Waals surface area contributed by atoms with Gasteiger partial charge >= 0.3 is 0 Å². The van der Waals surface area contributed by atoms with Crippen LogP contribution in [-0.2, 0) is 6.61 Å². The summed E-state index contributed by atoms with van der Waals surface area (Å²) in [6.07, 6.45) is 0. The van der Waals surface area contributed by atoms with Gasteiger partial charge in [0.15, 0.2) is 11.6 Å². The van der Waals surface area contributed by atoms with E-state index in [0.717, 1.165) is 12.1 Å². The maximum absolute atomic E-state index is 13.8. The Morgan fingerprint density at radius 1 is 1.00 bits per heavy atom. The predicted octanol–water partition coefficient (Wildman–Crippen LogP) is 4.46. The van der Waals surface area contributed by atoms with E-state index in [-0.39, 0.29) is 17.9 Å². The van der Waals surface area contributed by atoms with Gasteiger partial charge in [0.05, 0.1) is 18.0 Å². The van der Waals surface area contributed by atoms with Crippen LogP contribution in [0.25, 0.3) is 22.3 Å². The lowest BCUT2D eigenvalue weighted by Crippen LogP contribution is -2.09. The molecule has 0 fully saturated rings. The van der Waals surface area contributed by atoms with E-state index in [0.29, 0.717) is 33.6 Å². The number of nitrogens with zero attached hydrogens (tertiary/aromatic N) is 1. The number of hydrogen-bond acceptors (Lipinski definition) is 4. The summed E-state index contributed by atoms with van der Waals surface area (Å²) >= 11 is 0. The number of aromatic nitrogens is 2. The second kappa shape index (κ2) is 7.71. The zero-order chi connectivity index (χ0) is 20.4. The molecule has 7 heteroatoms. The van der Waals surface area contributed by atoms with Crippen molar-refractivity contribution in [3.8, 4) is 22.9 Å². The molecule has 0 amide bonds. The van der Waals surface area contributed by atoms with E-state index in [9.17, 15) is 13.6 Å². The van der Waals surface area contributed by atoms with Crippen molar-refractivity contribution in [3.05, 3.63) is 88.2 Å². The first-order valence-electron chi connectivity index (χ1n) is 8.79. The van der Waals surface area contributed by atoms with Gasteiger partial charge in [-0.05, 0) is 42.5 Å². The molecule has 4 aromatic rings. The molecule has 0 aliphatic rings. The van der Waals surface area contributed by atoms with Crippen molar-refractivity contribution in [2.45, 2.75) is 6.61 Å². The Morgan fingerprint density at radius 3 is 2.59 bits per heavy atom. The van der Waals surface area contributed by atoms with Crippen LogP contribution in [0.3, 0.4) is 0 Å². The molecule has 1 N–H and O–H groups in total. The van der Waals surface area contributed by atoms with Crippen molar-refractivity contribution in [2.24, 2.45) is 0 Å². The lowest BCUT2D eigenvalue weighted by atomic mass is 10.1. The van der Waals surface area contributed by atoms with Crippen LogP contribution in [0.15, 0.2) is 65.5 Å². The fraction of sp³-hybridized carbons (Fsp3) is 0.0909. The summed E-state index contributed by atoms with van der Waals surface area (Å²) in [5.41, 5.74) is 1.59. The molecular formula is C22H16F2N2O3. The van der Waals surface area contributed by atoms with Crippen LogP contribution in [0.2, 0.25) is 0 Å². The van der Waals surface area contributed by atoms with E-state index in [1.54, 1.807) is 36.4 Å². The van der Waals surface area contributed by atoms with Crippen molar-refractivity contribution in [1.82, 2.24) is 9.97 Å². The normalized spacial score (nSPS) is 10.9. The van der Waals surface area contributed by atoms with Crippen LogP contribution < -0.4 is 15.0 Å². The number of benzene rings is 3. The zero-order valence-electron chi connectivity index (χ0n) is 15.4. The maximum atomic E-state index is 13.8. The fourth-order valence-electron chi connectivity index (χ4n) is 3.01. The largest absolute Gasteiger partial charge is 0.496 e. The predicted molar refractivity (Wildman–Crippen MR) is 105 cm³/mol. The van der Waals surface area contributed by atoms with Gasteiger partial charge in [0, 0.05) is 17.2 Å². The van der Waals surface area contributed by atoms with Crippen molar-refractivity contribution in [3.63, 3.8) is 0 Å². The van der Waals surface area contributed by atoms with Crippen LogP contribution in [0, 0.1) is 11.6 Å². The van der Waals surface area contributed by atoms with Gasteiger partial charge in [-0.25, -0.2) is 13.8 Å². The molecule has 0 bridgehead atoms. The topological polar surface area (TPSA) is 64.2 Å². The monoisotopic (exact) mass is 394 g/mol. The van der Waals surface area contributed by atoms with E-state index in [4.69, 9.17) is 9.47 Å². The molecule has 0 radical (unpaired) electrons. The van der Waals surface area contributed by atoms with Crippen LogP contribution in [0.5, 0.6) is 11.5 Å². The van der Waals surface area contributed by atoms with E-state index in [2.05, 4.69) is 9.97 Å². The van der Waals surface area contributed by atoms with E-state index in [1.165, 1.54) is 13.2 Å². The zero-order valence-corrected chi connectivity index (χ0v) is 15.4. The van der Waals surface area contributed by atoms with Gasteiger partial charge < -0.3 is 14.5 Å². The minimum Gasteiger partial charge on any atom is -0.496 e. The average molecular weight is 394 g/mol. The molecule has 3 aromatic carbocycles. The SMILES string of the molecule is COc1ccc(-c2nc3ccccc3c(=O)[nH]2)cc1COc1ccc(F)cc1F. The Labute approximate surface area is 164 Å². The van der Waals surface area contributed by atoms with Gasteiger partial charge in [-0.3, -0.25) is 4.79 Å². The van der Waals surface area contributed by atoms with Gasteiger partial charge in [0.25, 0.3) is 5.56 Å². The number of methoxy groups -OCH3 is 1. The summed E-state index contributed by atoms with van der Waals surface area (Å²) in [6, 6.07) is 15.4. The third-order valence-corrected chi connectivity index (χ3v) is 4.44. The first kappa shape index (κ1) is 18.6. The molecule has 0 saturated carbocycles. The molecule has 0 spiro atoms. The molecule has 0 unspecified atom stereocenters. The second-order valence-corrected chi connectivity index (χ2v) is 6.32. The highest BCUT2D eigenvalue weighted by molar-refractivity contribution is 5.79. The minimum absolute atomic E-state index is 0.0165. The average Bonchev–Trinajstić information content (AvgIpc) is 2.73. The first-order valence-corrected chi connectivity index (χ1v) is 8.79. The molecule has 0 aliphatic heterocycles. The second-order valence-electron chi connectivity index (χ2n) is 6.32. The van der Waals surface area contributed by atoms with Crippen LogP contribution in [0.1, 0.15) is 5.56 Å². The van der Waals surface area contributed by atoms with Crippen molar-refractivity contribution < 1.29 is 18.3 Å². The van der Waals surface area contributed by atoms with E-state index < -0.39 is 11.6 Å². The number of fused-ring (bicyclic) bond motifs is 1. The number of ether oxygens (including phenoxy) is 2. The molecular weight excluding hydrogens is 378 g/mol. The van der Waals surface area contributed by atoms with Crippen LogP contribution in [-0.4, -0.2) is 17.1 Å². The van der Waals surface area contributed by atoms with Crippen LogP contribution in [0.4, 0.5) is 8.78 Å². The third kappa shape index (κ3) is 3.80. The molecule has 0 saturated heterocycles. The van der Waals surface area contributed by atoms with Gasteiger partial charge in [0.1, 0.15) is 24.0 Å². The lowest BCUT2D eigenvalue weighted by Gasteiger charge is -2.13. The van der Waals surface area contributed by atoms with Crippen molar-refractivity contribution in [2.75, 3.05) is 7.11 Å². The number of hydrogen-bond donors (Lipinski definition) is 1. The number of para-hydroxylation sites is 1. The molecule has 29 heavy (non-hydrogen) atoms. The Morgan fingerprint density at radius 2 is 1.79 bits per heavy atom. The summed E-state index contributed by atoms with van der Waals surface area (Å²) in [5.74, 6) is -0.623. The molecule has 0 atom stereocenters. The number of nitrogens with one attached hydrogen (secondary N) is 1. The van der Waals surface area contributed by atoms with E-state index >= 15 is 0 Å². The number of aromatic amines is 1. The van der Waals surface area contributed by atoms with Crippen LogP contribution >= 0.6 is 0 Å². The van der Waals surface area contributed by atoms with Crippen molar-refractivity contribution in [1.29, 1.82) is 0 Å². The van der Waals surface area contributed by atoms with Gasteiger partial charge in [-0.2, -0.15) is 0 Å². The molecule has 146 valence electrons. The standard InChI is InChI=1S/C22H16F2N2O3/c1-28-19-8-6-13(21-25-18-5-3-2-4-16(18)22(27)26-21)10-14(19)12-29-20-9-7-15(23)11-17(20)24/h2-11H,12H2,1H3,(H,25,26,27). The van der Waals surface area contributed by atoms with Gasteiger partial charge in [0.2, 0.25) is 0 Å². The number of H-pyrrole nitrogens is 1. The summed E-state index contributed by atoms with van der Waals surface area (Å²) in [5, 5.41) is 0.500. The molecule has 1 heterocycles. The smallest absolute Gasteiger partial charge is 0.259 e. The number of rotatable bonds is 5. The summed E-state index contributed by atoms with van der Waals surface area (Å²) < 4.78 is 37.7. The summed E-state index contributed by atoms with van der Waals surface area (Å²) in [7, 11) is 1.51. The Balaban J connectivity index is 1.69. The van der Waals surface area contributed by atoms with E-state index in [1.807, 2.05) is 6.07 Å². The van der Waals surface area contributed by atoms with Gasteiger partial charge in [-0.1, -0.05) is 12.1 Å². The Hall–Kier alpha value is -3.74. The molecule has 1 aromatic heterocycles.